The fraction of sp³-hybridized carbons (Fsp3) is 0.450. The third-order valence-corrected chi connectivity index (χ3v) is 3.97. The molecule has 0 fully saturated rings. The van der Waals surface area contributed by atoms with E-state index in [2.05, 4.69) is 15.7 Å². The lowest BCUT2D eigenvalue weighted by Gasteiger charge is -2.23. The molecule has 2 aromatic rings. The zero-order chi connectivity index (χ0) is 19.5. The summed E-state index contributed by atoms with van der Waals surface area (Å²) in [7, 11) is 0. The number of hydrogen-bond donors (Lipinski definition) is 2. The van der Waals surface area contributed by atoms with Crippen molar-refractivity contribution >= 4 is 11.8 Å². The molecule has 26 heavy (non-hydrogen) atoms. The Morgan fingerprint density at radius 3 is 2.35 bits per heavy atom. The molecule has 2 amide bonds. The lowest BCUT2D eigenvalue weighted by Crippen LogP contribution is -2.50. The lowest BCUT2D eigenvalue weighted by atomic mass is 10.1. The van der Waals surface area contributed by atoms with Crippen LogP contribution in [0.4, 0.5) is 0 Å². The summed E-state index contributed by atoms with van der Waals surface area (Å²) < 4.78 is 1.77. The summed E-state index contributed by atoms with van der Waals surface area (Å²) in [6.07, 6.45) is 2.21. The van der Waals surface area contributed by atoms with Crippen LogP contribution in [0.15, 0.2) is 30.5 Å². The number of nitrogens with one attached hydrogen (secondary N) is 2. The zero-order valence-electron chi connectivity index (χ0n) is 16.4. The Morgan fingerprint density at radius 2 is 1.81 bits per heavy atom. The maximum atomic E-state index is 12.7. The van der Waals surface area contributed by atoms with Crippen LogP contribution in [0, 0.1) is 6.92 Å². The molecule has 2 N–H and O–H groups in total. The van der Waals surface area contributed by atoms with E-state index in [0.29, 0.717) is 12.0 Å². The van der Waals surface area contributed by atoms with Gasteiger partial charge in [0.15, 0.2) is 0 Å². The molecule has 0 aliphatic rings. The molecule has 0 spiro atoms. The Bertz CT molecular complexity index is 785. The van der Waals surface area contributed by atoms with Crippen LogP contribution in [0.3, 0.4) is 0 Å². The molecule has 140 valence electrons. The molecule has 1 heterocycles. The van der Waals surface area contributed by atoms with Crippen molar-refractivity contribution in [2.75, 3.05) is 0 Å². The van der Waals surface area contributed by atoms with Crippen LogP contribution in [0.1, 0.15) is 56.2 Å². The van der Waals surface area contributed by atoms with Gasteiger partial charge in [0.1, 0.15) is 6.04 Å². The van der Waals surface area contributed by atoms with Gasteiger partial charge in [0.05, 0.1) is 23.1 Å². The molecular weight excluding hydrogens is 328 g/mol. The summed E-state index contributed by atoms with van der Waals surface area (Å²) in [5, 5.41) is 10.0. The standard InChI is InChI=1S/C20H28N4O2/c1-7-17-16(12-21-24(17)15-10-8-13(2)9-11-15)19(26)22-14(3)18(25)23-20(4,5)6/h8-12,14H,7H2,1-6H3,(H,22,26)(H,23,25)/t14-/m0/s1. The number of hydrogen-bond acceptors (Lipinski definition) is 3. The van der Waals surface area contributed by atoms with Crippen LogP contribution in [0.25, 0.3) is 5.69 Å². The van der Waals surface area contributed by atoms with E-state index in [1.54, 1.807) is 17.8 Å². The number of aromatic nitrogens is 2. The van der Waals surface area contributed by atoms with Crippen molar-refractivity contribution in [3.8, 4) is 5.69 Å². The van der Waals surface area contributed by atoms with Gasteiger partial charge in [0.2, 0.25) is 5.91 Å². The molecule has 1 aromatic heterocycles. The van der Waals surface area contributed by atoms with Crippen molar-refractivity contribution in [3.05, 3.63) is 47.3 Å². The quantitative estimate of drug-likeness (QED) is 0.865. The average Bonchev–Trinajstić information content (AvgIpc) is 2.97. The molecule has 6 heteroatoms. The number of carbonyl (C=O) groups is 2. The van der Waals surface area contributed by atoms with Crippen molar-refractivity contribution in [3.63, 3.8) is 0 Å². The van der Waals surface area contributed by atoms with Crippen LogP contribution >= 0.6 is 0 Å². The second-order valence-corrected chi connectivity index (χ2v) is 7.54. The van der Waals surface area contributed by atoms with E-state index in [1.165, 1.54) is 0 Å². The third kappa shape index (κ3) is 4.71. The van der Waals surface area contributed by atoms with E-state index in [9.17, 15) is 9.59 Å². The van der Waals surface area contributed by atoms with Gasteiger partial charge in [-0.05, 0) is 53.2 Å². The molecule has 0 radical (unpaired) electrons. The van der Waals surface area contributed by atoms with E-state index in [4.69, 9.17) is 0 Å². The van der Waals surface area contributed by atoms with Gasteiger partial charge in [0.25, 0.3) is 5.91 Å². The first-order valence-corrected chi connectivity index (χ1v) is 8.89. The molecule has 0 saturated heterocycles. The van der Waals surface area contributed by atoms with Gasteiger partial charge in [-0.3, -0.25) is 9.59 Å². The van der Waals surface area contributed by atoms with E-state index in [-0.39, 0.29) is 17.4 Å². The Balaban J connectivity index is 2.19. The predicted octanol–water partition coefficient (Wildman–Crippen LogP) is 2.78. The van der Waals surface area contributed by atoms with Crippen molar-refractivity contribution in [2.45, 2.75) is 59.5 Å². The van der Waals surface area contributed by atoms with E-state index < -0.39 is 6.04 Å². The Hall–Kier alpha value is -2.63. The van der Waals surface area contributed by atoms with Gasteiger partial charge < -0.3 is 10.6 Å². The molecule has 0 aliphatic carbocycles. The third-order valence-electron chi connectivity index (χ3n) is 3.97. The molecule has 0 saturated carbocycles. The fourth-order valence-corrected chi connectivity index (χ4v) is 2.63. The monoisotopic (exact) mass is 356 g/mol. The minimum atomic E-state index is -0.630. The highest BCUT2D eigenvalue weighted by Crippen LogP contribution is 2.16. The number of aryl methyl sites for hydroxylation is 1. The van der Waals surface area contributed by atoms with Crippen LogP contribution in [0.5, 0.6) is 0 Å². The van der Waals surface area contributed by atoms with E-state index in [0.717, 1.165) is 16.9 Å². The smallest absolute Gasteiger partial charge is 0.255 e. The summed E-state index contributed by atoms with van der Waals surface area (Å²) in [4.78, 5) is 24.9. The molecule has 0 unspecified atom stereocenters. The summed E-state index contributed by atoms with van der Waals surface area (Å²) in [6, 6.07) is 7.34. The first-order valence-electron chi connectivity index (χ1n) is 8.89. The topological polar surface area (TPSA) is 76.0 Å². The molecule has 1 aromatic carbocycles. The van der Waals surface area contributed by atoms with Gasteiger partial charge >= 0.3 is 0 Å². The number of carbonyl (C=O) groups excluding carboxylic acids is 2. The second kappa shape index (κ2) is 7.72. The van der Waals surface area contributed by atoms with Gasteiger partial charge in [-0.2, -0.15) is 5.10 Å². The largest absolute Gasteiger partial charge is 0.350 e. The van der Waals surface area contributed by atoms with Crippen molar-refractivity contribution < 1.29 is 9.59 Å². The van der Waals surface area contributed by atoms with Crippen molar-refractivity contribution in [1.82, 2.24) is 20.4 Å². The number of rotatable bonds is 5. The summed E-state index contributed by atoms with van der Waals surface area (Å²) >= 11 is 0. The highest BCUT2D eigenvalue weighted by atomic mass is 16.2. The Morgan fingerprint density at radius 1 is 1.19 bits per heavy atom. The summed E-state index contributed by atoms with van der Waals surface area (Å²) in [5.41, 5.74) is 3.03. The molecule has 1 atom stereocenters. The van der Waals surface area contributed by atoms with E-state index >= 15 is 0 Å². The number of benzene rings is 1. The predicted molar refractivity (Wildman–Crippen MR) is 103 cm³/mol. The van der Waals surface area contributed by atoms with Crippen LogP contribution in [0.2, 0.25) is 0 Å². The normalized spacial score (nSPS) is 12.5. The zero-order valence-corrected chi connectivity index (χ0v) is 16.4. The maximum Gasteiger partial charge on any atom is 0.255 e. The van der Waals surface area contributed by atoms with Crippen LogP contribution in [-0.4, -0.2) is 33.2 Å². The summed E-state index contributed by atoms with van der Waals surface area (Å²) in [5.74, 6) is -0.508. The lowest BCUT2D eigenvalue weighted by molar-refractivity contribution is -0.124. The molecule has 6 nitrogen and oxygen atoms in total. The molecule has 2 rings (SSSR count). The first-order chi connectivity index (χ1) is 12.1. The summed E-state index contributed by atoms with van der Waals surface area (Å²) in [6.45, 7) is 11.4. The fourth-order valence-electron chi connectivity index (χ4n) is 2.63. The van der Waals surface area contributed by atoms with Gasteiger partial charge in [-0.25, -0.2) is 4.68 Å². The van der Waals surface area contributed by atoms with Crippen LogP contribution in [-0.2, 0) is 11.2 Å². The van der Waals surface area contributed by atoms with Crippen LogP contribution < -0.4 is 10.6 Å². The number of nitrogens with zero attached hydrogens (tertiary/aromatic N) is 2. The SMILES string of the molecule is CCc1c(C(=O)N[C@@H](C)C(=O)NC(C)(C)C)cnn1-c1ccc(C)cc1. The minimum Gasteiger partial charge on any atom is -0.350 e. The van der Waals surface area contributed by atoms with Gasteiger partial charge in [-0.15, -0.1) is 0 Å². The molecule has 0 bridgehead atoms. The van der Waals surface area contributed by atoms with Gasteiger partial charge in [0, 0.05) is 5.54 Å². The first kappa shape index (κ1) is 19.7. The molecular formula is C20H28N4O2. The minimum absolute atomic E-state index is 0.213. The average molecular weight is 356 g/mol. The van der Waals surface area contributed by atoms with Crippen molar-refractivity contribution in [1.29, 1.82) is 0 Å². The van der Waals surface area contributed by atoms with Crippen molar-refractivity contribution in [2.24, 2.45) is 0 Å². The Labute approximate surface area is 155 Å². The highest BCUT2D eigenvalue weighted by Gasteiger charge is 2.23. The highest BCUT2D eigenvalue weighted by molar-refractivity contribution is 5.98. The molecule has 0 aliphatic heterocycles. The van der Waals surface area contributed by atoms with Gasteiger partial charge in [-0.1, -0.05) is 24.6 Å². The maximum absolute atomic E-state index is 12.7. The van der Waals surface area contributed by atoms with E-state index in [1.807, 2.05) is 58.9 Å². The Kier molecular flexibility index (Phi) is 5.85. The number of amides is 2. The second-order valence-electron chi connectivity index (χ2n) is 7.54.